The highest BCUT2D eigenvalue weighted by Crippen LogP contribution is 2.28. The number of nitrogens with zero attached hydrogens (tertiary/aromatic N) is 2. The Kier molecular flexibility index (Phi) is 5.46. The Morgan fingerprint density at radius 3 is 2.17 bits per heavy atom. The van der Waals surface area contributed by atoms with Crippen molar-refractivity contribution in [3.63, 3.8) is 0 Å². The molecule has 0 spiro atoms. The zero-order valence-electron chi connectivity index (χ0n) is 12.5. The van der Waals surface area contributed by atoms with E-state index in [0.29, 0.717) is 6.04 Å². The summed E-state index contributed by atoms with van der Waals surface area (Å²) in [5.74, 6) is 0.929. The molecule has 0 aromatic carbocycles. The van der Waals surface area contributed by atoms with Crippen LogP contribution in [0.15, 0.2) is 0 Å². The van der Waals surface area contributed by atoms with Crippen LogP contribution in [0.25, 0.3) is 0 Å². The molecule has 1 unspecified atom stereocenters. The summed E-state index contributed by atoms with van der Waals surface area (Å²) in [6.45, 7) is 10.9. The first-order chi connectivity index (χ1) is 8.70. The van der Waals surface area contributed by atoms with Crippen LogP contribution in [0.3, 0.4) is 0 Å². The van der Waals surface area contributed by atoms with Crippen molar-refractivity contribution < 1.29 is 0 Å². The normalized spacial score (nSPS) is 26.0. The summed E-state index contributed by atoms with van der Waals surface area (Å²) in [6.07, 6.45) is 5.78. The number of rotatable bonds is 5. The number of nitrogens with one attached hydrogen (secondary N) is 1. The van der Waals surface area contributed by atoms with Crippen LogP contribution in [0.2, 0.25) is 0 Å². The van der Waals surface area contributed by atoms with Gasteiger partial charge in [0.25, 0.3) is 0 Å². The van der Waals surface area contributed by atoms with Gasteiger partial charge in [0.1, 0.15) is 0 Å². The summed E-state index contributed by atoms with van der Waals surface area (Å²) >= 11 is 0. The van der Waals surface area contributed by atoms with Gasteiger partial charge in [0.15, 0.2) is 0 Å². The average Bonchev–Trinajstić information content (AvgIpc) is 2.90. The molecular weight excluding hydrogens is 222 g/mol. The molecule has 3 heteroatoms. The number of hydrogen-bond donors (Lipinski definition) is 1. The molecule has 0 bridgehead atoms. The maximum absolute atomic E-state index is 3.57. The lowest BCUT2D eigenvalue weighted by molar-refractivity contribution is 0.0954. The first-order valence-corrected chi connectivity index (χ1v) is 7.84. The number of likely N-dealkylation sites (N-methyl/N-ethyl adjacent to an activating group) is 1. The molecule has 1 atom stereocenters. The first-order valence-electron chi connectivity index (χ1n) is 7.84. The largest absolute Gasteiger partial charge is 0.315 e. The van der Waals surface area contributed by atoms with E-state index in [1.54, 1.807) is 0 Å². The molecule has 18 heavy (non-hydrogen) atoms. The van der Waals surface area contributed by atoms with Crippen molar-refractivity contribution in [2.24, 2.45) is 5.92 Å². The van der Waals surface area contributed by atoms with Crippen molar-refractivity contribution in [2.45, 2.75) is 51.6 Å². The van der Waals surface area contributed by atoms with Gasteiger partial charge in [-0.1, -0.05) is 12.8 Å². The molecule has 2 fully saturated rings. The third-order valence-electron chi connectivity index (χ3n) is 4.93. The van der Waals surface area contributed by atoms with Gasteiger partial charge in [0.05, 0.1) is 0 Å². The third-order valence-corrected chi connectivity index (χ3v) is 4.93. The van der Waals surface area contributed by atoms with Crippen LogP contribution in [-0.4, -0.2) is 61.7 Å². The van der Waals surface area contributed by atoms with Gasteiger partial charge in [0.2, 0.25) is 0 Å². The van der Waals surface area contributed by atoms with Crippen molar-refractivity contribution >= 4 is 0 Å². The molecule has 1 saturated carbocycles. The summed E-state index contributed by atoms with van der Waals surface area (Å²) < 4.78 is 0. The zero-order chi connectivity index (χ0) is 13.0. The van der Waals surface area contributed by atoms with Crippen LogP contribution in [0.5, 0.6) is 0 Å². The van der Waals surface area contributed by atoms with Crippen molar-refractivity contribution in [1.29, 1.82) is 0 Å². The molecule has 1 saturated heterocycles. The van der Waals surface area contributed by atoms with E-state index >= 15 is 0 Å². The van der Waals surface area contributed by atoms with Gasteiger partial charge in [-0.25, -0.2) is 0 Å². The fraction of sp³-hybridized carbons (Fsp3) is 1.00. The summed E-state index contributed by atoms with van der Waals surface area (Å²) in [4.78, 5) is 5.26. The van der Waals surface area contributed by atoms with Crippen molar-refractivity contribution in [1.82, 2.24) is 15.1 Å². The molecule has 0 radical (unpaired) electrons. The lowest BCUT2D eigenvalue weighted by Crippen LogP contribution is -2.53. The molecule has 1 N–H and O–H groups in total. The number of hydrogen-bond acceptors (Lipinski definition) is 3. The van der Waals surface area contributed by atoms with E-state index in [1.165, 1.54) is 58.4 Å². The lowest BCUT2D eigenvalue weighted by Gasteiger charge is -2.39. The summed E-state index contributed by atoms with van der Waals surface area (Å²) in [5, 5.41) is 3.57. The molecule has 0 aromatic heterocycles. The van der Waals surface area contributed by atoms with Gasteiger partial charge in [-0.05, 0) is 39.7 Å². The Labute approximate surface area is 113 Å². The topological polar surface area (TPSA) is 18.5 Å². The number of piperazine rings is 1. The van der Waals surface area contributed by atoms with Crippen molar-refractivity contribution in [3.05, 3.63) is 0 Å². The minimum Gasteiger partial charge on any atom is -0.315 e. The standard InChI is InChI=1S/C15H31N3/c1-13(2)18-10-8-17(9-11-18)12-15(16-3)14-6-4-5-7-14/h13-16H,4-12H2,1-3H3. The Morgan fingerprint density at radius 2 is 1.67 bits per heavy atom. The van der Waals surface area contributed by atoms with Crippen LogP contribution < -0.4 is 5.32 Å². The quantitative estimate of drug-likeness (QED) is 0.806. The van der Waals surface area contributed by atoms with Crippen LogP contribution in [-0.2, 0) is 0 Å². The second-order valence-electron chi connectivity index (χ2n) is 6.37. The predicted octanol–water partition coefficient (Wildman–Crippen LogP) is 1.79. The smallest absolute Gasteiger partial charge is 0.0220 e. The van der Waals surface area contributed by atoms with E-state index in [1.807, 2.05) is 0 Å². The van der Waals surface area contributed by atoms with Crippen LogP contribution in [0, 0.1) is 5.92 Å². The molecule has 0 amide bonds. The van der Waals surface area contributed by atoms with E-state index in [2.05, 4.69) is 36.0 Å². The van der Waals surface area contributed by atoms with Crippen LogP contribution >= 0.6 is 0 Å². The highest BCUT2D eigenvalue weighted by molar-refractivity contribution is 4.84. The third kappa shape index (κ3) is 3.69. The van der Waals surface area contributed by atoms with Crippen LogP contribution in [0.4, 0.5) is 0 Å². The average molecular weight is 253 g/mol. The van der Waals surface area contributed by atoms with Crippen molar-refractivity contribution in [3.8, 4) is 0 Å². The van der Waals surface area contributed by atoms with E-state index in [9.17, 15) is 0 Å². The van der Waals surface area contributed by atoms with Gasteiger partial charge in [-0.2, -0.15) is 0 Å². The maximum atomic E-state index is 3.57. The van der Waals surface area contributed by atoms with E-state index in [4.69, 9.17) is 0 Å². The second kappa shape index (κ2) is 6.88. The molecule has 106 valence electrons. The van der Waals surface area contributed by atoms with Gasteiger partial charge in [-0.15, -0.1) is 0 Å². The van der Waals surface area contributed by atoms with Crippen LogP contribution in [0.1, 0.15) is 39.5 Å². The van der Waals surface area contributed by atoms with E-state index < -0.39 is 0 Å². The summed E-state index contributed by atoms with van der Waals surface area (Å²) in [7, 11) is 2.15. The Bertz CT molecular complexity index is 228. The van der Waals surface area contributed by atoms with Gasteiger partial charge in [-0.3, -0.25) is 9.80 Å². The van der Waals surface area contributed by atoms with Gasteiger partial charge < -0.3 is 5.32 Å². The van der Waals surface area contributed by atoms with Gasteiger partial charge >= 0.3 is 0 Å². The first kappa shape index (κ1) is 14.3. The molecular formula is C15H31N3. The van der Waals surface area contributed by atoms with Crippen molar-refractivity contribution in [2.75, 3.05) is 39.8 Å². The minimum atomic E-state index is 0.710. The maximum Gasteiger partial charge on any atom is 0.0220 e. The molecule has 2 rings (SSSR count). The highest BCUT2D eigenvalue weighted by Gasteiger charge is 2.27. The SMILES string of the molecule is CNC(CN1CCN(C(C)C)CC1)C1CCCC1. The highest BCUT2D eigenvalue weighted by atomic mass is 15.3. The Hall–Kier alpha value is -0.120. The molecule has 1 aliphatic heterocycles. The second-order valence-corrected chi connectivity index (χ2v) is 6.37. The Balaban J connectivity index is 1.75. The molecule has 3 nitrogen and oxygen atoms in total. The zero-order valence-corrected chi connectivity index (χ0v) is 12.5. The molecule has 2 aliphatic rings. The fourth-order valence-electron chi connectivity index (χ4n) is 3.58. The van der Waals surface area contributed by atoms with E-state index in [-0.39, 0.29) is 0 Å². The Morgan fingerprint density at radius 1 is 1.06 bits per heavy atom. The molecule has 1 aliphatic carbocycles. The predicted molar refractivity (Wildman–Crippen MR) is 78.0 cm³/mol. The molecule has 1 heterocycles. The fourth-order valence-corrected chi connectivity index (χ4v) is 3.58. The molecule has 0 aromatic rings. The minimum absolute atomic E-state index is 0.710. The monoisotopic (exact) mass is 253 g/mol. The van der Waals surface area contributed by atoms with Gasteiger partial charge in [0, 0.05) is 44.8 Å². The summed E-state index contributed by atoms with van der Waals surface area (Å²) in [5.41, 5.74) is 0. The lowest BCUT2D eigenvalue weighted by atomic mass is 9.97. The summed E-state index contributed by atoms with van der Waals surface area (Å²) in [6, 6.07) is 1.43. The van der Waals surface area contributed by atoms with E-state index in [0.717, 1.165) is 12.0 Å².